The van der Waals surface area contributed by atoms with Crippen molar-refractivity contribution in [3.05, 3.63) is 54.0 Å². The molecule has 1 saturated carbocycles. The molecule has 0 N–H and O–H groups in total. The van der Waals surface area contributed by atoms with Crippen LogP contribution in [0.4, 0.5) is 5.82 Å². The summed E-state index contributed by atoms with van der Waals surface area (Å²) >= 11 is 1.11. The number of benzene rings is 1. The second-order valence-electron chi connectivity index (χ2n) is 8.67. The minimum Gasteiger partial charge on any atom is -0.298 e. The fourth-order valence-electron chi connectivity index (χ4n) is 5.34. The molecular weight excluding hydrogens is 394 g/mol. The number of carbonyl (C=O) groups is 1. The lowest BCUT2D eigenvalue weighted by molar-refractivity contribution is -0.121. The van der Waals surface area contributed by atoms with Gasteiger partial charge in [-0.15, -0.1) is 0 Å². The zero-order chi connectivity index (χ0) is 21.2. The topological polar surface area (TPSA) is 52.6 Å². The van der Waals surface area contributed by atoms with Gasteiger partial charge in [0.1, 0.15) is 13.3 Å². The number of fused-ring (bicyclic) bond motifs is 1. The van der Waals surface area contributed by atoms with E-state index in [0.29, 0.717) is 12.5 Å². The van der Waals surface area contributed by atoms with Crippen molar-refractivity contribution in [2.24, 2.45) is 0 Å². The van der Waals surface area contributed by atoms with Crippen LogP contribution in [0.5, 0.6) is 0 Å². The molecule has 3 heterocycles. The van der Waals surface area contributed by atoms with Crippen LogP contribution in [0.3, 0.4) is 0 Å². The van der Waals surface area contributed by atoms with Crippen molar-refractivity contribution >= 4 is 24.4 Å². The molecule has 7 heteroatoms. The third-order valence-electron chi connectivity index (χ3n) is 6.97. The molecule has 2 fully saturated rings. The summed E-state index contributed by atoms with van der Waals surface area (Å²) in [5.74, 6) is 0.839. The van der Waals surface area contributed by atoms with Gasteiger partial charge in [0.05, 0.1) is 5.92 Å². The first kappa shape index (κ1) is 18.8. The van der Waals surface area contributed by atoms with Crippen LogP contribution in [-0.4, -0.2) is 64.5 Å². The van der Waals surface area contributed by atoms with Crippen molar-refractivity contribution in [1.82, 2.24) is 19.2 Å². The highest BCUT2D eigenvalue weighted by Gasteiger charge is 2.40. The number of hydrogen-bond acceptors (Lipinski definition) is 6. The van der Waals surface area contributed by atoms with E-state index in [2.05, 4.69) is 31.3 Å². The number of thiol groups is 1. The van der Waals surface area contributed by atoms with Gasteiger partial charge in [-0.05, 0) is 37.7 Å². The molecule has 30 heavy (non-hydrogen) atoms. The molecular formula is C23H29N5OS. The molecule has 3 aliphatic rings. The fourth-order valence-corrected chi connectivity index (χ4v) is 5.50. The molecule has 1 aromatic heterocycles. The van der Waals surface area contributed by atoms with E-state index in [1.165, 1.54) is 0 Å². The van der Waals surface area contributed by atoms with Gasteiger partial charge in [-0.3, -0.25) is 18.9 Å². The largest absolute Gasteiger partial charge is 0.298 e. The van der Waals surface area contributed by atoms with Gasteiger partial charge in [0, 0.05) is 50.0 Å². The zero-order valence-electron chi connectivity index (χ0n) is 18.2. The molecule has 1 saturated heterocycles. The molecule has 0 bridgehead atoms. The Balaban J connectivity index is 1.32. The second-order valence-corrected chi connectivity index (χ2v) is 9.19. The molecule has 1 aliphatic carbocycles. The van der Waals surface area contributed by atoms with Crippen molar-refractivity contribution in [1.29, 1.82) is 1.12 Å². The average Bonchev–Trinajstić information content (AvgIpc) is 2.84. The summed E-state index contributed by atoms with van der Waals surface area (Å²) in [4.78, 5) is 27.0. The first-order chi connectivity index (χ1) is 15.2. The first-order valence-electron chi connectivity index (χ1n) is 11.4. The zero-order valence-corrected chi connectivity index (χ0v) is 18.0. The van der Waals surface area contributed by atoms with E-state index in [1.54, 1.807) is 6.33 Å². The van der Waals surface area contributed by atoms with Crippen LogP contribution in [0.15, 0.2) is 42.9 Å². The molecule has 158 valence electrons. The third kappa shape index (κ3) is 3.86. The number of nitrogens with zero attached hydrogens (tertiary/aromatic N) is 5. The Morgan fingerprint density at radius 3 is 2.47 bits per heavy atom. The highest BCUT2D eigenvalue weighted by molar-refractivity contribution is 7.77. The van der Waals surface area contributed by atoms with Gasteiger partial charge in [0.2, 0.25) is 5.91 Å². The standard InChI is InChI=1S/C23H29N5OS/c29-23-21(17-4-2-1-3-5-17)14-18-15-24-16-25-22(18)28(23)20-8-6-19(7-9-20)26-10-12-27(30)13-11-26/h1-5,15-16,19-21,30H,6-14H2/i30D. The number of hydrogen-bond donors (Lipinski definition) is 1. The smallest absolute Gasteiger partial charge is 0.236 e. The summed E-state index contributed by atoms with van der Waals surface area (Å²) in [6.45, 7) is 4.00. The van der Waals surface area contributed by atoms with Crippen LogP contribution in [-0.2, 0) is 11.2 Å². The van der Waals surface area contributed by atoms with E-state index in [1.807, 2.05) is 29.3 Å². The van der Waals surface area contributed by atoms with E-state index in [0.717, 1.165) is 81.5 Å². The fraction of sp³-hybridized carbons (Fsp3) is 0.522. The quantitative estimate of drug-likeness (QED) is 0.765. The van der Waals surface area contributed by atoms with Gasteiger partial charge in [-0.1, -0.05) is 43.1 Å². The van der Waals surface area contributed by atoms with Crippen LogP contribution in [0.25, 0.3) is 0 Å². The van der Waals surface area contributed by atoms with E-state index < -0.39 is 0 Å². The van der Waals surface area contributed by atoms with E-state index >= 15 is 0 Å². The summed E-state index contributed by atoms with van der Waals surface area (Å²) in [7, 11) is 0. The molecule has 0 spiro atoms. The summed E-state index contributed by atoms with van der Waals surface area (Å²) in [5, 5.41) is 0. The Hall–Kier alpha value is -1.96. The Kier molecular flexibility index (Phi) is 5.42. The Labute approximate surface area is 184 Å². The molecule has 1 atom stereocenters. The maximum Gasteiger partial charge on any atom is 0.236 e. The summed E-state index contributed by atoms with van der Waals surface area (Å²) in [6.07, 6.45) is 8.36. The normalized spacial score (nSPS) is 28.8. The lowest BCUT2D eigenvalue weighted by atomic mass is 9.84. The molecule has 5 rings (SSSR count). The van der Waals surface area contributed by atoms with Crippen LogP contribution < -0.4 is 4.90 Å². The van der Waals surface area contributed by atoms with Crippen molar-refractivity contribution in [2.45, 2.75) is 50.1 Å². The summed E-state index contributed by atoms with van der Waals surface area (Å²) in [5.41, 5.74) is 2.15. The number of aromatic nitrogens is 2. The maximum atomic E-state index is 13.7. The monoisotopic (exact) mass is 424 g/mol. The minimum absolute atomic E-state index is 0.159. The Bertz CT molecular complexity index is 900. The van der Waals surface area contributed by atoms with Gasteiger partial charge in [-0.2, -0.15) is 0 Å². The molecule has 1 aromatic carbocycles. The Morgan fingerprint density at radius 1 is 1.00 bits per heavy atom. The number of carbonyl (C=O) groups excluding carboxylic acids is 1. The predicted molar refractivity (Wildman–Crippen MR) is 121 cm³/mol. The van der Waals surface area contributed by atoms with Gasteiger partial charge < -0.3 is 0 Å². The predicted octanol–water partition coefficient (Wildman–Crippen LogP) is 2.92. The maximum absolute atomic E-state index is 13.7. The number of piperazine rings is 1. The lowest BCUT2D eigenvalue weighted by Crippen LogP contribution is -2.52. The number of anilines is 1. The third-order valence-corrected chi connectivity index (χ3v) is 7.34. The van der Waals surface area contributed by atoms with Crippen molar-refractivity contribution in [3.63, 3.8) is 0 Å². The highest BCUT2D eigenvalue weighted by Crippen LogP contribution is 2.38. The van der Waals surface area contributed by atoms with Crippen molar-refractivity contribution < 1.29 is 4.79 Å². The van der Waals surface area contributed by atoms with E-state index in [-0.39, 0.29) is 17.9 Å². The average molecular weight is 425 g/mol. The highest BCUT2D eigenvalue weighted by atomic mass is 32.1. The van der Waals surface area contributed by atoms with Gasteiger partial charge in [0.25, 0.3) is 0 Å². The molecule has 2 aliphatic heterocycles. The molecule has 2 aromatic rings. The summed E-state index contributed by atoms with van der Waals surface area (Å²) < 4.78 is 9.60. The lowest BCUT2D eigenvalue weighted by Gasteiger charge is -2.44. The van der Waals surface area contributed by atoms with Gasteiger partial charge in [-0.25, -0.2) is 9.97 Å². The van der Waals surface area contributed by atoms with Crippen LogP contribution in [0.2, 0.25) is 0 Å². The SMILES string of the molecule is [2H]SN1CCN(C2CCC(N3C(=O)C(c4ccccc4)Cc4cncnc43)CC2)CC1. The molecule has 1 amide bonds. The molecule has 1 unspecified atom stereocenters. The molecule has 0 radical (unpaired) electrons. The van der Waals surface area contributed by atoms with E-state index in [9.17, 15) is 4.79 Å². The first-order valence-corrected chi connectivity index (χ1v) is 11.4. The summed E-state index contributed by atoms with van der Waals surface area (Å²) in [6, 6.07) is 10.9. The van der Waals surface area contributed by atoms with Gasteiger partial charge >= 0.3 is 0 Å². The number of rotatable bonds is 4. The van der Waals surface area contributed by atoms with Crippen LogP contribution in [0, 0.1) is 0 Å². The molecule has 6 nitrogen and oxygen atoms in total. The van der Waals surface area contributed by atoms with Crippen molar-refractivity contribution in [2.75, 3.05) is 31.1 Å². The van der Waals surface area contributed by atoms with Crippen LogP contribution >= 0.6 is 12.7 Å². The van der Waals surface area contributed by atoms with E-state index in [4.69, 9.17) is 1.12 Å². The number of amides is 1. The van der Waals surface area contributed by atoms with Gasteiger partial charge in [0.15, 0.2) is 0 Å². The van der Waals surface area contributed by atoms with Crippen LogP contribution in [0.1, 0.15) is 42.7 Å². The minimum atomic E-state index is -0.159. The van der Waals surface area contributed by atoms with Crippen molar-refractivity contribution in [3.8, 4) is 0 Å². The Morgan fingerprint density at radius 2 is 1.73 bits per heavy atom. The second kappa shape index (κ2) is 8.65.